The highest BCUT2D eigenvalue weighted by Gasteiger charge is 2.27. The Balaban J connectivity index is 1.63. The first-order valence-corrected chi connectivity index (χ1v) is 8.60. The number of likely N-dealkylation sites (tertiary alicyclic amines) is 1. The van der Waals surface area contributed by atoms with Gasteiger partial charge in [0.2, 0.25) is 0 Å². The number of carbonyl (C=O) groups is 1. The highest BCUT2D eigenvalue weighted by atomic mass is 16.2. The van der Waals surface area contributed by atoms with Gasteiger partial charge in [-0.1, -0.05) is 12.1 Å². The van der Waals surface area contributed by atoms with E-state index in [1.54, 1.807) is 6.33 Å². The summed E-state index contributed by atoms with van der Waals surface area (Å²) >= 11 is 0. The van der Waals surface area contributed by atoms with Crippen molar-refractivity contribution in [2.24, 2.45) is 0 Å². The van der Waals surface area contributed by atoms with Gasteiger partial charge in [0.1, 0.15) is 12.2 Å². The monoisotopic (exact) mass is 338 g/mol. The number of piperidine rings is 1. The van der Waals surface area contributed by atoms with E-state index in [1.807, 2.05) is 33.7 Å². The van der Waals surface area contributed by atoms with Gasteiger partial charge in [-0.05, 0) is 37.5 Å². The molecule has 0 radical (unpaired) electrons. The van der Waals surface area contributed by atoms with Gasteiger partial charge in [0, 0.05) is 31.2 Å². The second kappa shape index (κ2) is 7.79. The van der Waals surface area contributed by atoms with Crippen LogP contribution in [0.5, 0.6) is 0 Å². The van der Waals surface area contributed by atoms with Crippen LogP contribution in [0, 0.1) is 11.3 Å². The van der Waals surface area contributed by atoms with E-state index in [0.717, 1.165) is 43.0 Å². The number of carbonyl (C=O) groups excluding carboxylic acids is 1. The number of aryl methyl sites for hydroxylation is 1. The van der Waals surface area contributed by atoms with Gasteiger partial charge in [-0.3, -0.25) is 0 Å². The molecule has 130 valence electrons. The Morgan fingerprint density at radius 2 is 2.20 bits per heavy atom. The highest BCUT2D eigenvalue weighted by molar-refractivity contribution is 5.89. The first kappa shape index (κ1) is 17.0. The van der Waals surface area contributed by atoms with E-state index >= 15 is 0 Å². The molecular formula is C18H22N6O. The molecule has 3 rings (SSSR count). The SMILES string of the molecule is CCn1cnnc1C1CCCN(C(=O)Nc2ccc(CC#N)cc2)C1. The molecule has 1 atom stereocenters. The molecule has 1 fully saturated rings. The van der Waals surface area contributed by atoms with E-state index < -0.39 is 0 Å². The fourth-order valence-electron chi connectivity index (χ4n) is 3.20. The number of anilines is 1. The Bertz CT molecular complexity index is 761. The first-order valence-electron chi connectivity index (χ1n) is 8.60. The predicted molar refractivity (Wildman–Crippen MR) is 94.0 cm³/mol. The van der Waals surface area contributed by atoms with Gasteiger partial charge in [-0.2, -0.15) is 5.26 Å². The van der Waals surface area contributed by atoms with Crippen LogP contribution in [0.25, 0.3) is 0 Å². The molecule has 1 aromatic carbocycles. The van der Waals surface area contributed by atoms with Crippen LogP contribution < -0.4 is 5.32 Å². The third-order valence-electron chi connectivity index (χ3n) is 4.55. The highest BCUT2D eigenvalue weighted by Crippen LogP contribution is 2.26. The van der Waals surface area contributed by atoms with Crippen LogP contribution in [0.15, 0.2) is 30.6 Å². The minimum absolute atomic E-state index is 0.0969. The number of hydrogen-bond donors (Lipinski definition) is 1. The third-order valence-corrected chi connectivity index (χ3v) is 4.55. The average molecular weight is 338 g/mol. The summed E-state index contributed by atoms with van der Waals surface area (Å²) in [5.41, 5.74) is 1.68. The number of urea groups is 1. The van der Waals surface area contributed by atoms with Gasteiger partial charge in [0.25, 0.3) is 0 Å². The summed E-state index contributed by atoms with van der Waals surface area (Å²) in [6.07, 6.45) is 4.10. The van der Waals surface area contributed by atoms with Crippen molar-refractivity contribution in [2.75, 3.05) is 18.4 Å². The maximum Gasteiger partial charge on any atom is 0.321 e. The van der Waals surface area contributed by atoms with Crippen LogP contribution in [0.4, 0.5) is 10.5 Å². The molecule has 2 heterocycles. The topological polar surface area (TPSA) is 86.8 Å². The number of aromatic nitrogens is 3. The van der Waals surface area contributed by atoms with E-state index in [1.165, 1.54) is 0 Å². The number of nitrogens with one attached hydrogen (secondary N) is 1. The molecule has 1 N–H and O–H groups in total. The number of benzene rings is 1. The Morgan fingerprint density at radius 3 is 2.92 bits per heavy atom. The molecule has 7 nitrogen and oxygen atoms in total. The van der Waals surface area contributed by atoms with E-state index in [2.05, 4.69) is 28.5 Å². The standard InChI is InChI=1S/C18H22N6O/c1-2-23-13-20-22-17(23)15-4-3-11-24(12-15)18(25)21-16-7-5-14(6-8-16)9-10-19/h5-8,13,15H,2-4,9,11-12H2,1H3,(H,21,25). The van der Waals surface area contributed by atoms with E-state index in [9.17, 15) is 4.79 Å². The summed E-state index contributed by atoms with van der Waals surface area (Å²) in [5, 5.41) is 19.9. The summed E-state index contributed by atoms with van der Waals surface area (Å²) in [4.78, 5) is 14.4. The molecule has 0 bridgehead atoms. The van der Waals surface area contributed by atoms with Crippen molar-refractivity contribution in [3.8, 4) is 6.07 Å². The molecule has 1 aliphatic heterocycles. The average Bonchev–Trinajstić information content (AvgIpc) is 3.12. The Labute approximate surface area is 147 Å². The van der Waals surface area contributed by atoms with Crippen LogP contribution in [0.3, 0.4) is 0 Å². The molecule has 1 saturated heterocycles. The van der Waals surface area contributed by atoms with Crippen molar-refractivity contribution in [1.82, 2.24) is 19.7 Å². The lowest BCUT2D eigenvalue weighted by Gasteiger charge is -2.32. The molecule has 0 spiro atoms. The number of rotatable bonds is 4. The van der Waals surface area contributed by atoms with Gasteiger partial charge in [-0.25, -0.2) is 4.79 Å². The van der Waals surface area contributed by atoms with Crippen molar-refractivity contribution in [2.45, 2.75) is 38.6 Å². The lowest BCUT2D eigenvalue weighted by atomic mass is 9.97. The quantitative estimate of drug-likeness (QED) is 0.928. The van der Waals surface area contributed by atoms with Crippen LogP contribution in [-0.2, 0) is 13.0 Å². The second-order valence-corrected chi connectivity index (χ2v) is 6.22. The van der Waals surface area contributed by atoms with Gasteiger partial charge in [0.15, 0.2) is 0 Å². The summed E-state index contributed by atoms with van der Waals surface area (Å²) in [5.74, 6) is 1.18. The van der Waals surface area contributed by atoms with Gasteiger partial charge < -0.3 is 14.8 Å². The van der Waals surface area contributed by atoms with Crippen molar-refractivity contribution in [3.05, 3.63) is 42.0 Å². The summed E-state index contributed by atoms with van der Waals surface area (Å²) in [6, 6.07) is 9.41. The zero-order valence-electron chi connectivity index (χ0n) is 14.4. The Hall–Kier alpha value is -2.88. The minimum Gasteiger partial charge on any atom is -0.324 e. The minimum atomic E-state index is -0.0969. The summed E-state index contributed by atoms with van der Waals surface area (Å²) in [7, 11) is 0. The van der Waals surface area contributed by atoms with Gasteiger partial charge in [-0.15, -0.1) is 10.2 Å². The van der Waals surface area contributed by atoms with Crippen molar-refractivity contribution < 1.29 is 4.79 Å². The second-order valence-electron chi connectivity index (χ2n) is 6.22. The van der Waals surface area contributed by atoms with Gasteiger partial charge >= 0.3 is 6.03 Å². The summed E-state index contributed by atoms with van der Waals surface area (Å²) < 4.78 is 2.04. The maximum absolute atomic E-state index is 12.6. The molecule has 1 aliphatic rings. The van der Waals surface area contributed by atoms with Crippen LogP contribution >= 0.6 is 0 Å². The predicted octanol–water partition coefficient (Wildman–Crippen LogP) is 2.78. The van der Waals surface area contributed by atoms with Crippen molar-refractivity contribution in [1.29, 1.82) is 5.26 Å². The molecule has 2 amide bonds. The smallest absolute Gasteiger partial charge is 0.321 e. The van der Waals surface area contributed by atoms with E-state index in [0.29, 0.717) is 13.0 Å². The maximum atomic E-state index is 12.6. The van der Waals surface area contributed by atoms with Crippen LogP contribution in [0.2, 0.25) is 0 Å². The Kier molecular flexibility index (Phi) is 5.29. The molecular weight excluding hydrogens is 316 g/mol. The molecule has 0 saturated carbocycles. The van der Waals surface area contributed by atoms with E-state index in [-0.39, 0.29) is 11.9 Å². The summed E-state index contributed by atoms with van der Waals surface area (Å²) in [6.45, 7) is 4.29. The lowest BCUT2D eigenvalue weighted by Crippen LogP contribution is -2.42. The third kappa shape index (κ3) is 3.97. The largest absolute Gasteiger partial charge is 0.324 e. The zero-order chi connectivity index (χ0) is 17.6. The molecule has 0 aliphatic carbocycles. The normalized spacial score (nSPS) is 17.1. The molecule has 1 aromatic heterocycles. The molecule has 7 heteroatoms. The fraction of sp³-hybridized carbons (Fsp3) is 0.444. The molecule has 2 aromatic rings. The first-order chi connectivity index (χ1) is 12.2. The lowest BCUT2D eigenvalue weighted by molar-refractivity contribution is 0.190. The number of nitriles is 1. The fourth-order valence-corrected chi connectivity index (χ4v) is 3.20. The van der Waals surface area contributed by atoms with Crippen molar-refractivity contribution >= 4 is 11.7 Å². The van der Waals surface area contributed by atoms with Crippen molar-refractivity contribution in [3.63, 3.8) is 0 Å². The van der Waals surface area contributed by atoms with Crippen LogP contribution in [-0.4, -0.2) is 38.8 Å². The zero-order valence-corrected chi connectivity index (χ0v) is 14.4. The number of amides is 2. The van der Waals surface area contributed by atoms with Gasteiger partial charge in [0.05, 0.1) is 12.5 Å². The number of nitrogens with zero attached hydrogens (tertiary/aromatic N) is 5. The molecule has 1 unspecified atom stereocenters. The molecule has 25 heavy (non-hydrogen) atoms. The van der Waals surface area contributed by atoms with E-state index in [4.69, 9.17) is 5.26 Å². The van der Waals surface area contributed by atoms with Crippen LogP contribution in [0.1, 0.15) is 37.1 Å². The Morgan fingerprint density at radius 1 is 1.40 bits per heavy atom. The number of hydrogen-bond acceptors (Lipinski definition) is 4.